The van der Waals surface area contributed by atoms with Crippen molar-refractivity contribution in [1.82, 2.24) is 14.9 Å². The number of hydrogen-bond donors (Lipinski definition) is 1. The van der Waals surface area contributed by atoms with Crippen molar-refractivity contribution in [3.05, 3.63) is 29.1 Å². The summed E-state index contributed by atoms with van der Waals surface area (Å²) in [6.07, 6.45) is 1.14. The summed E-state index contributed by atoms with van der Waals surface area (Å²) >= 11 is 1.52. The van der Waals surface area contributed by atoms with Gasteiger partial charge >= 0.3 is 6.09 Å². The third-order valence-corrected chi connectivity index (χ3v) is 5.31. The number of hydrogen-bond acceptors (Lipinski definition) is 5. The van der Waals surface area contributed by atoms with Crippen LogP contribution in [0.2, 0.25) is 0 Å². The Morgan fingerprint density at radius 2 is 2.17 bits per heavy atom. The zero-order chi connectivity index (χ0) is 17.1. The average Bonchev–Trinajstić information content (AvgIpc) is 2.95. The predicted molar refractivity (Wildman–Crippen MR) is 91.2 cm³/mol. The average molecular weight is 348 g/mol. The first kappa shape index (κ1) is 16.5. The van der Waals surface area contributed by atoms with Crippen molar-refractivity contribution in [3.8, 4) is 0 Å². The smallest absolute Gasteiger partial charge is 0.409 e. The van der Waals surface area contributed by atoms with Gasteiger partial charge in [0.2, 0.25) is 10.7 Å². The first-order valence-corrected chi connectivity index (χ1v) is 8.63. The number of amides is 2. The van der Waals surface area contributed by atoms with E-state index in [4.69, 9.17) is 4.74 Å². The van der Waals surface area contributed by atoms with Crippen molar-refractivity contribution in [2.75, 3.05) is 20.2 Å². The van der Waals surface area contributed by atoms with E-state index in [1.165, 1.54) is 18.4 Å². The van der Waals surface area contributed by atoms with Crippen LogP contribution in [0.4, 0.5) is 4.79 Å². The molecule has 2 heterocycles. The van der Waals surface area contributed by atoms with Crippen molar-refractivity contribution < 1.29 is 14.3 Å². The molecule has 3 rings (SSSR count). The Balaban J connectivity index is 1.72. The Labute approximate surface area is 143 Å². The molecule has 1 saturated heterocycles. The molecule has 0 spiro atoms. The molecule has 0 radical (unpaired) electrons. The van der Waals surface area contributed by atoms with Crippen LogP contribution in [0.1, 0.15) is 12.8 Å². The number of benzene rings is 1. The van der Waals surface area contributed by atoms with Gasteiger partial charge in [-0.2, -0.15) is 0 Å². The zero-order valence-electron chi connectivity index (χ0n) is 13.7. The minimum absolute atomic E-state index is 0.166. The van der Waals surface area contributed by atoms with Crippen LogP contribution >= 0.6 is 11.3 Å². The van der Waals surface area contributed by atoms with Gasteiger partial charge in [0.1, 0.15) is 0 Å². The predicted octanol–water partition coefficient (Wildman–Crippen LogP) is 1.65. The van der Waals surface area contributed by atoms with E-state index in [0.29, 0.717) is 13.1 Å². The molecule has 7 nitrogen and oxygen atoms in total. The first-order chi connectivity index (χ1) is 11.6. The normalized spacial score (nSPS) is 18.7. The quantitative estimate of drug-likeness (QED) is 0.839. The lowest BCUT2D eigenvalue weighted by atomic mass is 9.98. The van der Waals surface area contributed by atoms with Crippen molar-refractivity contribution in [3.63, 3.8) is 0 Å². The number of carbonyl (C=O) groups is 2. The van der Waals surface area contributed by atoms with Gasteiger partial charge in [0.15, 0.2) is 0 Å². The fourth-order valence-electron chi connectivity index (χ4n) is 2.87. The van der Waals surface area contributed by atoms with Crippen LogP contribution in [0, 0.1) is 5.92 Å². The summed E-state index contributed by atoms with van der Waals surface area (Å²) in [6, 6.07) is 7.99. The van der Waals surface area contributed by atoms with E-state index >= 15 is 0 Å². The lowest BCUT2D eigenvalue weighted by Crippen LogP contribution is -2.44. The van der Waals surface area contributed by atoms with Crippen LogP contribution in [0.15, 0.2) is 29.4 Å². The highest BCUT2D eigenvalue weighted by atomic mass is 32.1. The summed E-state index contributed by atoms with van der Waals surface area (Å²) in [5, 5.41) is 4.26. The summed E-state index contributed by atoms with van der Waals surface area (Å²) in [5.74, 6) is -0.428. The van der Waals surface area contributed by atoms with E-state index in [-0.39, 0.29) is 17.9 Å². The summed E-state index contributed by atoms with van der Waals surface area (Å²) < 4.78 is 7.79. The highest BCUT2D eigenvalue weighted by Gasteiger charge is 2.28. The molecule has 0 aliphatic carbocycles. The number of fused-ring (bicyclic) bond motifs is 1. The maximum atomic E-state index is 12.4. The van der Waals surface area contributed by atoms with Crippen LogP contribution in [0.5, 0.6) is 0 Å². The largest absolute Gasteiger partial charge is 0.453 e. The highest BCUT2D eigenvalue weighted by molar-refractivity contribution is 7.16. The molecule has 2 aromatic rings. The van der Waals surface area contributed by atoms with Crippen molar-refractivity contribution >= 4 is 33.6 Å². The summed E-state index contributed by atoms with van der Waals surface area (Å²) in [7, 11) is 3.27. The molecule has 1 aromatic carbocycles. The number of para-hydroxylation sites is 1. The second kappa shape index (κ2) is 7.04. The topological polar surface area (TPSA) is 75.9 Å². The number of rotatable bonds is 2. The number of nitrogens with one attached hydrogen (secondary N) is 1. The number of nitrogens with zero attached hydrogens (tertiary/aromatic N) is 3. The SMILES string of the molecule is COC(=O)N1CCCC(C(=O)NN=c2sc3ccccc3n2C)C1. The van der Waals surface area contributed by atoms with Crippen LogP contribution < -0.4 is 10.2 Å². The minimum Gasteiger partial charge on any atom is -0.453 e. The number of ether oxygens (including phenoxy) is 1. The maximum Gasteiger partial charge on any atom is 0.409 e. The fourth-order valence-corrected chi connectivity index (χ4v) is 3.85. The van der Waals surface area contributed by atoms with Gasteiger partial charge in [-0.25, -0.2) is 10.2 Å². The molecule has 1 unspecified atom stereocenters. The summed E-state index contributed by atoms with van der Waals surface area (Å²) in [6.45, 7) is 0.992. The van der Waals surface area contributed by atoms with E-state index < -0.39 is 0 Å². The van der Waals surface area contributed by atoms with Crippen LogP contribution in [-0.4, -0.2) is 41.7 Å². The Kier molecular flexibility index (Phi) is 4.84. The Hall–Kier alpha value is -2.35. The summed E-state index contributed by atoms with van der Waals surface area (Å²) in [5.41, 5.74) is 3.72. The Morgan fingerprint density at radius 3 is 2.92 bits per heavy atom. The van der Waals surface area contributed by atoms with E-state index in [9.17, 15) is 9.59 Å². The van der Waals surface area contributed by atoms with Crippen LogP contribution in [-0.2, 0) is 16.6 Å². The third-order valence-electron chi connectivity index (χ3n) is 4.20. The second-order valence-electron chi connectivity index (χ2n) is 5.75. The van der Waals surface area contributed by atoms with E-state index in [1.807, 2.05) is 35.9 Å². The van der Waals surface area contributed by atoms with Crippen LogP contribution in [0.3, 0.4) is 0 Å². The van der Waals surface area contributed by atoms with Gasteiger partial charge in [0.25, 0.3) is 0 Å². The lowest BCUT2D eigenvalue weighted by molar-refractivity contribution is -0.126. The van der Waals surface area contributed by atoms with Crippen LogP contribution in [0.25, 0.3) is 10.2 Å². The molecule has 1 fully saturated rings. The van der Waals surface area contributed by atoms with Gasteiger partial charge in [-0.1, -0.05) is 23.5 Å². The number of carbonyl (C=O) groups excluding carboxylic acids is 2. The summed E-state index contributed by atoms with van der Waals surface area (Å²) in [4.78, 5) is 26.3. The molecule has 0 bridgehead atoms. The Bertz CT molecular complexity index is 826. The number of aromatic nitrogens is 1. The van der Waals surface area contributed by atoms with Gasteiger partial charge in [0, 0.05) is 20.1 Å². The molecular weight excluding hydrogens is 328 g/mol. The molecule has 1 aliphatic heterocycles. The number of piperidine rings is 1. The lowest BCUT2D eigenvalue weighted by Gasteiger charge is -2.30. The highest BCUT2D eigenvalue weighted by Crippen LogP contribution is 2.17. The van der Waals surface area contributed by atoms with E-state index in [0.717, 1.165) is 27.9 Å². The Morgan fingerprint density at radius 1 is 1.38 bits per heavy atom. The third kappa shape index (κ3) is 3.28. The number of aryl methyl sites for hydroxylation is 1. The maximum absolute atomic E-state index is 12.4. The molecule has 2 amide bonds. The monoisotopic (exact) mass is 348 g/mol. The van der Waals surface area contributed by atoms with Gasteiger partial charge in [-0.3, -0.25) is 4.79 Å². The number of likely N-dealkylation sites (tertiary alicyclic amines) is 1. The zero-order valence-corrected chi connectivity index (χ0v) is 14.5. The minimum atomic E-state index is -0.389. The van der Waals surface area contributed by atoms with Crippen molar-refractivity contribution in [2.45, 2.75) is 12.8 Å². The van der Waals surface area contributed by atoms with E-state index in [2.05, 4.69) is 10.5 Å². The standard InChI is InChI=1S/C16H20N4O3S/c1-19-12-7-3-4-8-13(12)24-15(19)18-17-14(21)11-6-5-9-20(10-11)16(22)23-2/h3-4,7-8,11H,5-6,9-10H2,1-2H3,(H,17,21). The molecule has 8 heteroatoms. The van der Waals surface area contributed by atoms with Crippen molar-refractivity contribution in [2.24, 2.45) is 18.1 Å². The molecule has 1 N–H and O–H groups in total. The van der Waals surface area contributed by atoms with Crippen molar-refractivity contribution in [1.29, 1.82) is 0 Å². The molecule has 0 saturated carbocycles. The van der Waals surface area contributed by atoms with Gasteiger partial charge in [0.05, 0.1) is 23.2 Å². The van der Waals surface area contributed by atoms with Gasteiger partial charge < -0.3 is 14.2 Å². The number of methoxy groups -OCH3 is 1. The van der Waals surface area contributed by atoms with Gasteiger partial charge in [-0.15, -0.1) is 5.10 Å². The molecule has 1 aliphatic rings. The number of thiazole rings is 1. The van der Waals surface area contributed by atoms with Gasteiger partial charge in [-0.05, 0) is 25.0 Å². The fraction of sp³-hybridized carbons (Fsp3) is 0.438. The molecule has 128 valence electrons. The molecule has 24 heavy (non-hydrogen) atoms. The molecular formula is C16H20N4O3S. The van der Waals surface area contributed by atoms with E-state index in [1.54, 1.807) is 4.90 Å². The second-order valence-corrected chi connectivity index (χ2v) is 6.76. The molecule has 1 atom stereocenters. The molecule has 1 aromatic heterocycles. The first-order valence-electron chi connectivity index (χ1n) is 7.81.